The fourth-order valence-electron chi connectivity index (χ4n) is 5.95. The van der Waals surface area contributed by atoms with Crippen LogP contribution in [0.3, 0.4) is 0 Å². The molecule has 0 amide bonds. The number of aliphatic hydroxyl groups is 1. The van der Waals surface area contributed by atoms with Crippen LogP contribution in [0, 0.1) is 23.2 Å². The van der Waals surface area contributed by atoms with Gasteiger partial charge in [0, 0.05) is 13.0 Å². The maximum absolute atomic E-state index is 12.7. The number of methoxy groups -OCH3 is 1. The highest BCUT2D eigenvalue weighted by atomic mass is 16.7. The first-order chi connectivity index (χ1) is 15.2. The van der Waals surface area contributed by atoms with E-state index in [0.717, 1.165) is 32.1 Å². The second kappa shape index (κ2) is 10.5. The maximum atomic E-state index is 12.7. The van der Waals surface area contributed by atoms with Gasteiger partial charge in [-0.15, -0.1) is 0 Å². The summed E-state index contributed by atoms with van der Waals surface area (Å²) in [7, 11) is 1.60. The number of hydrogen-bond acceptors (Lipinski definition) is 5. The van der Waals surface area contributed by atoms with Crippen LogP contribution < -0.4 is 0 Å². The summed E-state index contributed by atoms with van der Waals surface area (Å²) in [5.41, 5.74) is 0.179. The van der Waals surface area contributed by atoms with Gasteiger partial charge in [0.25, 0.3) is 0 Å². The molecule has 0 heterocycles. The van der Waals surface area contributed by atoms with Crippen molar-refractivity contribution in [2.24, 2.45) is 23.2 Å². The SMILES string of the molecule is COCOC(C)(C)/C=C\[C@H](O)[C@@H](C)[C@H]1CC[C@@H]2[C@@H](OC(=O)c3ccccc3)CCC[C@]12C. The molecule has 3 rings (SSSR count). The zero-order chi connectivity index (χ0) is 23.4. The first-order valence-electron chi connectivity index (χ1n) is 11.9. The minimum atomic E-state index is -0.548. The molecule has 1 aromatic rings. The van der Waals surface area contributed by atoms with Gasteiger partial charge < -0.3 is 19.3 Å². The highest BCUT2D eigenvalue weighted by Gasteiger charge is 2.54. The van der Waals surface area contributed by atoms with Crippen molar-refractivity contribution < 1.29 is 24.1 Å². The van der Waals surface area contributed by atoms with Crippen molar-refractivity contribution >= 4 is 5.97 Å². The molecule has 5 nitrogen and oxygen atoms in total. The van der Waals surface area contributed by atoms with Gasteiger partial charge in [0.05, 0.1) is 17.3 Å². The average molecular weight is 445 g/mol. The van der Waals surface area contributed by atoms with E-state index >= 15 is 0 Å². The van der Waals surface area contributed by atoms with Crippen molar-refractivity contribution in [2.75, 3.05) is 13.9 Å². The Balaban J connectivity index is 1.66. The molecule has 0 aromatic heterocycles. The molecule has 2 aliphatic rings. The summed E-state index contributed by atoms with van der Waals surface area (Å²) in [6.07, 6.45) is 8.37. The largest absolute Gasteiger partial charge is 0.458 e. The van der Waals surface area contributed by atoms with Crippen molar-refractivity contribution in [3.8, 4) is 0 Å². The first kappa shape index (κ1) is 24.9. The number of rotatable bonds is 9. The van der Waals surface area contributed by atoms with Crippen LogP contribution in [0.4, 0.5) is 0 Å². The van der Waals surface area contributed by atoms with E-state index in [-0.39, 0.29) is 30.2 Å². The van der Waals surface area contributed by atoms with Crippen LogP contribution in [-0.2, 0) is 14.2 Å². The van der Waals surface area contributed by atoms with Gasteiger partial charge in [0.1, 0.15) is 12.9 Å². The molecule has 0 saturated heterocycles. The van der Waals surface area contributed by atoms with Gasteiger partial charge in [0.2, 0.25) is 0 Å². The molecule has 1 aromatic carbocycles. The van der Waals surface area contributed by atoms with Gasteiger partial charge in [-0.3, -0.25) is 0 Å². The molecule has 1 N–H and O–H groups in total. The summed E-state index contributed by atoms with van der Waals surface area (Å²) in [5.74, 6) is 0.614. The maximum Gasteiger partial charge on any atom is 0.338 e. The second-order valence-electron chi connectivity index (χ2n) is 10.4. The van der Waals surface area contributed by atoms with Gasteiger partial charge in [0.15, 0.2) is 0 Å². The molecule has 0 bridgehead atoms. The lowest BCUT2D eigenvalue weighted by atomic mass is 9.61. The summed E-state index contributed by atoms with van der Waals surface area (Å²) in [6.45, 7) is 8.63. The molecule has 2 fully saturated rings. The number of hydrogen-bond donors (Lipinski definition) is 1. The van der Waals surface area contributed by atoms with E-state index in [1.807, 2.05) is 56.3 Å². The Bertz CT molecular complexity index is 774. The van der Waals surface area contributed by atoms with E-state index in [9.17, 15) is 9.90 Å². The van der Waals surface area contributed by atoms with Crippen molar-refractivity contribution in [3.63, 3.8) is 0 Å². The van der Waals surface area contributed by atoms with E-state index in [1.54, 1.807) is 7.11 Å². The van der Waals surface area contributed by atoms with Crippen LogP contribution in [0.5, 0.6) is 0 Å². The molecule has 5 heteroatoms. The molecular weight excluding hydrogens is 404 g/mol. The second-order valence-corrected chi connectivity index (χ2v) is 10.4. The third-order valence-corrected chi connectivity index (χ3v) is 7.82. The Morgan fingerprint density at radius 3 is 2.66 bits per heavy atom. The van der Waals surface area contributed by atoms with Crippen LogP contribution in [-0.4, -0.2) is 42.8 Å². The molecule has 0 spiro atoms. The Hall–Kier alpha value is -1.69. The van der Waals surface area contributed by atoms with E-state index in [4.69, 9.17) is 14.2 Å². The lowest BCUT2D eigenvalue weighted by Crippen LogP contribution is -2.44. The topological polar surface area (TPSA) is 65.0 Å². The average Bonchev–Trinajstić information content (AvgIpc) is 3.14. The number of aliphatic hydroxyl groups excluding tert-OH is 1. The van der Waals surface area contributed by atoms with Crippen LogP contribution in [0.25, 0.3) is 0 Å². The summed E-state index contributed by atoms with van der Waals surface area (Å²) in [6, 6.07) is 9.26. The predicted molar refractivity (Wildman–Crippen MR) is 125 cm³/mol. The third-order valence-electron chi connectivity index (χ3n) is 7.82. The Morgan fingerprint density at radius 2 is 1.97 bits per heavy atom. The predicted octanol–water partition coefficient (Wildman–Crippen LogP) is 5.38. The van der Waals surface area contributed by atoms with E-state index < -0.39 is 11.7 Å². The lowest BCUT2D eigenvalue weighted by molar-refractivity contribution is -0.0924. The first-order valence-corrected chi connectivity index (χ1v) is 11.9. The number of benzene rings is 1. The number of carbonyl (C=O) groups excluding carboxylic acids is 1. The van der Waals surface area contributed by atoms with Gasteiger partial charge in [-0.2, -0.15) is 0 Å². The molecule has 0 radical (unpaired) electrons. The zero-order valence-corrected chi connectivity index (χ0v) is 20.3. The van der Waals surface area contributed by atoms with E-state index in [2.05, 4.69) is 13.8 Å². The van der Waals surface area contributed by atoms with Gasteiger partial charge in [-0.1, -0.05) is 44.2 Å². The molecular formula is C27H40O5. The van der Waals surface area contributed by atoms with Crippen molar-refractivity contribution in [1.82, 2.24) is 0 Å². The number of carbonyl (C=O) groups is 1. The molecule has 0 unspecified atom stereocenters. The minimum Gasteiger partial charge on any atom is -0.458 e. The Morgan fingerprint density at radius 1 is 1.25 bits per heavy atom. The monoisotopic (exact) mass is 444 g/mol. The Labute approximate surface area is 193 Å². The zero-order valence-electron chi connectivity index (χ0n) is 20.3. The van der Waals surface area contributed by atoms with Gasteiger partial charge in [-0.25, -0.2) is 4.79 Å². The standard InChI is InChI=1S/C27H40O5/c1-19(23(28)15-17-26(2,3)31-18-30-5)21-13-14-22-24(12-9-16-27(21,22)4)32-25(29)20-10-7-6-8-11-20/h6-8,10-11,15,17,19,21-24,28H,9,12-14,16,18H2,1-5H3/b17-15-/t19-,21+,22+,23-,24-,27+/m0/s1. The normalized spacial score (nSPS) is 30.1. The van der Waals surface area contributed by atoms with Crippen LogP contribution in [0.15, 0.2) is 42.5 Å². The summed E-state index contributed by atoms with van der Waals surface area (Å²) >= 11 is 0. The van der Waals surface area contributed by atoms with E-state index in [1.165, 1.54) is 0 Å². The van der Waals surface area contributed by atoms with Crippen LogP contribution in [0.1, 0.15) is 70.2 Å². The summed E-state index contributed by atoms with van der Waals surface area (Å²) < 4.78 is 16.7. The Kier molecular flexibility index (Phi) is 8.18. The number of ether oxygens (including phenoxy) is 3. The third kappa shape index (κ3) is 5.62. The number of esters is 1. The molecule has 2 aliphatic carbocycles. The van der Waals surface area contributed by atoms with Crippen molar-refractivity contribution in [2.45, 2.75) is 77.6 Å². The number of fused-ring (bicyclic) bond motifs is 1. The molecule has 0 aliphatic heterocycles. The highest BCUT2D eigenvalue weighted by Crippen LogP contribution is 2.58. The molecule has 2 saturated carbocycles. The van der Waals surface area contributed by atoms with Crippen molar-refractivity contribution in [3.05, 3.63) is 48.0 Å². The smallest absolute Gasteiger partial charge is 0.338 e. The summed E-state index contributed by atoms with van der Waals surface area (Å²) in [4.78, 5) is 12.7. The highest BCUT2D eigenvalue weighted by molar-refractivity contribution is 5.89. The minimum absolute atomic E-state index is 0.0484. The van der Waals surface area contributed by atoms with Crippen LogP contribution in [0.2, 0.25) is 0 Å². The molecule has 32 heavy (non-hydrogen) atoms. The lowest BCUT2D eigenvalue weighted by Gasteiger charge is -2.46. The van der Waals surface area contributed by atoms with Crippen molar-refractivity contribution in [1.29, 1.82) is 0 Å². The molecule has 6 atom stereocenters. The molecule has 178 valence electrons. The summed E-state index contributed by atoms with van der Waals surface area (Å²) in [5, 5.41) is 11.0. The quantitative estimate of drug-likeness (QED) is 0.315. The fourth-order valence-corrected chi connectivity index (χ4v) is 5.95. The van der Waals surface area contributed by atoms with Gasteiger partial charge in [-0.05, 0) is 75.3 Å². The van der Waals surface area contributed by atoms with Crippen LogP contribution >= 0.6 is 0 Å². The fraction of sp³-hybridized carbons (Fsp3) is 0.667. The van der Waals surface area contributed by atoms with E-state index in [0.29, 0.717) is 17.4 Å². The van der Waals surface area contributed by atoms with Gasteiger partial charge >= 0.3 is 5.97 Å².